The molecule has 0 aromatic heterocycles. The first-order valence-electron chi connectivity index (χ1n) is 15.8. The van der Waals surface area contributed by atoms with Crippen molar-refractivity contribution in [1.29, 1.82) is 0 Å². The van der Waals surface area contributed by atoms with Gasteiger partial charge in [0.2, 0.25) is 11.8 Å². The number of fused-ring (bicyclic) bond motifs is 2. The van der Waals surface area contributed by atoms with Crippen LogP contribution in [0.5, 0.6) is 5.75 Å². The van der Waals surface area contributed by atoms with Crippen LogP contribution in [-0.2, 0) is 28.7 Å². The zero-order valence-corrected chi connectivity index (χ0v) is 27.8. The second-order valence-electron chi connectivity index (χ2n) is 12.2. The molecule has 2 aromatic rings. The summed E-state index contributed by atoms with van der Waals surface area (Å²) in [5.41, 5.74) is -0.205. The lowest BCUT2D eigenvalue weighted by molar-refractivity contribution is -0.161. The van der Waals surface area contributed by atoms with Gasteiger partial charge in [-0.25, -0.2) is 0 Å². The molecule has 2 N–H and O–H groups in total. The van der Waals surface area contributed by atoms with Gasteiger partial charge in [0.15, 0.2) is 0 Å². The molecule has 4 aliphatic heterocycles. The van der Waals surface area contributed by atoms with Crippen molar-refractivity contribution < 1.29 is 38.5 Å². The number of carbonyl (C=O) groups is 4. The Bertz CT molecular complexity index is 1580. The average Bonchev–Trinajstić information content (AvgIpc) is 3.66. The lowest BCUT2D eigenvalue weighted by atomic mass is 9.74. The molecule has 0 saturated carbocycles. The van der Waals surface area contributed by atoms with Crippen LogP contribution < -0.4 is 15.0 Å². The van der Waals surface area contributed by atoms with Crippen molar-refractivity contribution >= 4 is 45.3 Å². The number of carbonyl (C=O) groups excluding carboxylic acids is 4. The van der Waals surface area contributed by atoms with Gasteiger partial charge in [0, 0.05) is 36.3 Å². The number of esters is 1. The molecule has 0 radical (unpaired) electrons. The lowest BCUT2D eigenvalue weighted by Gasteiger charge is -2.36. The lowest BCUT2D eigenvalue weighted by Crippen LogP contribution is -2.56. The van der Waals surface area contributed by atoms with E-state index in [0.29, 0.717) is 27.9 Å². The van der Waals surface area contributed by atoms with E-state index in [0.717, 1.165) is 0 Å². The first kappa shape index (κ1) is 32.9. The summed E-state index contributed by atoms with van der Waals surface area (Å²) in [5, 5.41) is 12.7. The third-order valence-electron chi connectivity index (χ3n) is 9.35. The Labute approximate surface area is 281 Å². The Balaban J connectivity index is 1.46. The zero-order valence-electron chi connectivity index (χ0n) is 26.2. The first-order chi connectivity index (χ1) is 22.7. The van der Waals surface area contributed by atoms with E-state index in [1.807, 2.05) is 42.5 Å². The number of halogens is 1. The fourth-order valence-corrected chi connectivity index (χ4v) is 7.93. The molecule has 1 spiro atoms. The van der Waals surface area contributed by atoms with Crippen LogP contribution in [0.15, 0.2) is 77.3 Å². The standard InChI is InChI=1S/C35H38BrN3O8/c1-21-29(22-10-5-3-6-11-22)46-34(44)27-28-32(42)39(18-9-19-40)31(35(28)20-25(36)30(27)47-35)33(43)38(17-8-4-7-12-26(41)37-21)23-13-15-24(45-2)16-14-23/h3-6,8,10-11,13-16,20-21,27-31,40H,7,9,12,17-19H2,1-2H3,(H,37,41)/b8-4-/t21-,27+,28-,29+,30+,31+,35-/m0/s1. The van der Waals surface area contributed by atoms with Gasteiger partial charge in [0.1, 0.15) is 35.5 Å². The van der Waals surface area contributed by atoms with Crippen LogP contribution in [-0.4, -0.2) is 84.3 Å². The second-order valence-corrected chi connectivity index (χ2v) is 13.1. The van der Waals surface area contributed by atoms with Crippen molar-refractivity contribution in [3.8, 4) is 5.75 Å². The van der Waals surface area contributed by atoms with Gasteiger partial charge in [0.25, 0.3) is 5.91 Å². The molecular weight excluding hydrogens is 670 g/mol. The molecule has 47 heavy (non-hydrogen) atoms. The van der Waals surface area contributed by atoms with Crippen molar-refractivity contribution in [3.05, 3.63) is 82.9 Å². The predicted octanol–water partition coefficient (Wildman–Crippen LogP) is 3.42. The number of hydrogen-bond acceptors (Lipinski definition) is 8. The summed E-state index contributed by atoms with van der Waals surface area (Å²) in [4.78, 5) is 59.4. The number of aliphatic hydroxyl groups excluding tert-OH is 1. The number of anilines is 1. The molecule has 0 unspecified atom stereocenters. The Hall–Kier alpha value is -4.00. The van der Waals surface area contributed by atoms with Crippen molar-refractivity contribution in [2.24, 2.45) is 11.8 Å². The number of nitrogens with one attached hydrogen (secondary N) is 1. The minimum Gasteiger partial charge on any atom is -0.497 e. The van der Waals surface area contributed by atoms with Gasteiger partial charge in [0.05, 0.1) is 19.1 Å². The molecule has 12 heteroatoms. The van der Waals surface area contributed by atoms with Crippen molar-refractivity contribution in [2.75, 3.05) is 31.7 Å². The Kier molecular flexibility index (Phi) is 9.54. The van der Waals surface area contributed by atoms with Gasteiger partial charge in [-0.15, -0.1) is 0 Å². The Morgan fingerprint density at radius 1 is 1.02 bits per heavy atom. The maximum absolute atomic E-state index is 14.8. The molecular formula is C35H38BrN3O8. The Morgan fingerprint density at radius 2 is 1.77 bits per heavy atom. The monoisotopic (exact) mass is 707 g/mol. The van der Waals surface area contributed by atoms with Crippen molar-refractivity contribution in [3.63, 3.8) is 0 Å². The van der Waals surface area contributed by atoms with E-state index in [4.69, 9.17) is 14.2 Å². The second kappa shape index (κ2) is 13.6. The summed E-state index contributed by atoms with van der Waals surface area (Å²) in [6, 6.07) is 14.4. The highest BCUT2D eigenvalue weighted by molar-refractivity contribution is 9.11. The third-order valence-corrected chi connectivity index (χ3v) is 10.0. The number of benzene rings is 2. The van der Waals surface area contributed by atoms with E-state index in [1.54, 1.807) is 49.3 Å². The van der Waals surface area contributed by atoms with Crippen molar-refractivity contribution in [2.45, 2.75) is 56.1 Å². The average molecular weight is 709 g/mol. The van der Waals surface area contributed by atoms with Crippen LogP contribution in [0.3, 0.4) is 0 Å². The minimum absolute atomic E-state index is 0.0905. The Morgan fingerprint density at radius 3 is 2.47 bits per heavy atom. The number of likely N-dealkylation sites (tertiary alicyclic amines) is 1. The first-order valence-corrected chi connectivity index (χ1v) is 16.6. The van der Waals surface area contributed by atoms with E-state index in [2.05, 4.69) is 21.2 Å². The molecule has 248 valence electrons. The van der Waals surface area contributed by atoms with Gasteiger partial charge < -0.3 is 34.4 Å². The van der Waals surface area contributed by atoms with Crippen LogP contribution in [0.1, 0.15) is 37.9 Å². The predicted molar refractivity (Wildman–Crippen MR) is 175 cm³/mol. The van der Waals surface area contributed by atoms with E-state index in [-0.39, 0.29) is 38.4 Å². The van der Waals surface area contributed by atoms with Crippen LogP contribution in [0.2, 0.25) is 0 Å². The molecule has 7 atom stereocenters. The molecule has 4 aliphatic rings. The molecule has 5 bridgehead atoms. The molecule has 0 aliphatic carbocycles. The fourth-order valence-electron chi connectivity index (χ4n) is 7.20. The highest BCUT2D eigenvalue weighted by Gasteiger charge is 2.75. The molecule has 2 saturated heterocycles. The summed E-state index contributed by atoms with van der Waals surface area (Å²) in [7, 11) is 1.55. The zero-order chi connectivity index (χ0) is 33.3. The fraction of sp³-hybridized carbons (Fsp3) is 0.429. The molecule has 11 nitrogen and oxygen atoms in total. The van der Waals surface area contributed by atoms with E-state index < -0.39 is 59.5 Å². The number of amides is 3. The molecule has 2 aromatic carbocycles. The van der Waals surface area contributed by atoms with Crippen LogP contribution >= 0.6 is 15.9 Å². The van der Waals surface area contributed by atoms with Gasteiger partial charge in [-0.2, -0.15) is 0 Å². The van der Waals surface area contributed by atoms with E-state index >= 15 is 0 Å². The summed E-state index contributed by atoms with van der Waals surface area (Å²) < 4.78 is 18.6. The highest BCUT2D eigenvalue weighted by atomic mass is 79.9. The molecule has 6 rings (SSSR count). The van der Waals surface area contributed by atoms with Gasteiger partial charge in [-0.3, -0.25) is 19.2 Å². The van der Waals surface area contributed by atoms with Crippen LogP contribution in [0, 0.1) is 11.8 Å². The maximum Gasteiger partial charge on any atom is 0.313 e. The van der Waals surface area contributed by atoms with E-state index in [9.17, 15) is 24.3 Å². The quantitative estimate of drug-likeness (QED) is 0.345. The van der Waals surface area contributed by atoms with Gasteiger partial charge in [-0.05, 0) is 55.7 Å². The normalized spacial score (nSPS) is 31.7. The molecule has 3 amide bonds. The number of nitrogens with zero attached hydrogens (tertiary/aromatic N) is 2. The minimum atomic E-state index is -1.46. The van der Waals surface area contributed by atoms with Crippen LogP contribution in [0.4, 0.5) is 5.69 Å². The summed E-state index contributed by atoms with van der Waals surface area (Å²) in [5.74, 6) is -3.19. The number of allylic oxidation sites excluding steroid dienone is 1. The summed E-state index contributed by atoms with van der Waals surface area (Å²) in [6.45, 7) is 1.83. The number of hydrogen-bond donors (Lipinski definition) is 2. The summed E-state index contributed by atoms with van der Waals surface area (Å²) >= 11 is 3.58. The molecule has 2 fully saturated rings. The number of methoxy groups -OCH3 is 1. The topological polar surface area (TPSA) is 135 Å². The maximum atomic E-state index is 14.8. The SMILES string of the molecule is COc1ccc(N2C/C=C\CCC(=O)N[C@@H](C)[C@H](c3ccccc3)OC(=O)[C@H]3[C@@H]4O[C@@]5(C=C4Br)[C@@H]3C(=O)N(CCCO)[C@@H]5C2=O)cc1. The number of rotatable bonds is 6. The highest BCUT2D eigenvalue weighted by Crippen LogP contribution is 2.59. The number of aliphatic hydroxyl groups is 1. The largest absolute Gasteiger partial charge is 0.497 e. The van der Waals surface area contributed by atoms with Gasteiger partial charge >= 0.3 is 5.97 Å². The van der Waals surface area contributed by atoms with Crippen molar-refractivity contribution in [1.82, 2.24) is 10.2 Å². The van der Waals surface area contributed by atoms with E-state index in [1.165, 1.54) is 4.90 Å². The molecule has 4 heterocycles. The van der Waals surface area contributed by atoms with Gasteiger partial charge in [-0.1, -0.05) is 58.4 Å². The number of ether oxygens (including phenoxy) is 3. The third kappa shape index (κ3) is 5.98. The number of cyclic esters (lactones) is 1. The smallest absolute Gasteiger partial charge is 0.313 e. The van der Waals surface area contributed by atoms with Crippen LogP contribution in [0.25, 0.3) is 0 Å². The summed E-state index contributed by atoms with van der Waals surface area (Å²) in [6.07, 6.45) is 4.56.